The summed E-state index contributed by atoms with van der Waals surface area (Å²) in [6.07, 6.45) is 7.76. The van der Waals surface area contributed by atoms with Crippen LogP contribution in [-0.4, -0.2) is 23.0 Å². The van der Waals surface area contributed by atoms with E-state index in [-0.39, 0.29) is 12.3 Å². The zero-order valence-corrected chi connectivity index (χ0v) is 13.5. The Kier molecular flexibility index (Phi) is 3.79. The number of hydrogen-bond donors (Lipinski definition) is 2. The largest absolute Gasteiger partial charge is 0.480 e. The summed E-state index contributed by atoms with van der Waals surface area (Å²) in [6, 6.07) is 3.42. The van der Waals surface area contributed by atoms with Crippen molar-refractivity contribution in [1.29, 1.82) is 0 Å². The highest BCUT2D eigenvalue weighted by molar-refractivity contribution is 5.90. The smallest absolute Gasteiger partial charge is 0.326 e. The molecule has 1 aromatic heterocycles. The summed E-state index contributed by atoms with van der Waals surface area (Å²) in [5.41, 5.74) is 4.31. The van der Waals surface area contributed by atoms with Crippen molar-refractivity contribution < 1.29 is 19.1 Å². The lowest BCUT2D eigenvalue weighted by atomic mass is 10.0. The summed E-state index contributed by atoms with van der Waals surface area (Å²) in [4.78, 5) is 23.6. The summed E-state index contributed by atoms with van der Waals surface area (Å²) >= 11 is 0. The Morgan fingerprint density at radius 2 is 2.00 bits per heavy atom. The van der Waals surface area contributed by atoms with Gasteiger partial charge in [-0.1, -0.05) is 12.8 Å². The topological polar surface area (TPSA) is 79.5 Å². The number of carbonyl (C=O) groups excluding carboxylic acids is 1. The first-order valence-electron chi connectivity index (χ1n) is 8.64. The fraction of sp³-hybridized carbons (Fsp3) is 0.474. The average Bonchev–Trinajstić information content (AvgIpc) is 3.11. The van der Waals surface area contributed by atoms with Crippen LogP contribution in [0.25, 0.3) is 11.0 Å². The van der Waals surface area contributed by atoms with Gasteiger partial charge in [0.2, 0.25) is 5.91 Å². The number of nitrogens with one attached hydrogen (secondary N) is 1. The van der Waals surface area contributed by atoms with Gasteiger partial charge in [0.1, 0.15) is 11.6 Å². The van der Waals surface area contributed by atoms with Gasteiger partial charge < -0.3 is 14.8 Å². The summed E-state index contributed by atoms with van der Waals surface area (Å²) in [7, 11) is 0. The van der Waals surface area contributed by atoms with Crippen molar-refractivity contribution in [3.8, 4) is 0 Å². The third kappa shape index (κ3) is 3.03. The second kappa shape index (κ2) is 5.96. The molecule has 1 atom stereocenters. The quantitative estimate of drug-likeness (QED) is 0.855. The van der Waals surface area contributed by atoms with Gasteiger partial charge in [0.05, 0.1) is 12.7 Å². The van der Waals surface area contributed by atoms with Crippen LogP contribution in [0.15, 0.2) is 22.8 Å². The summed E-state index contributed by atoms with van der Waals surface area (Å²) in [5.74, 6) is -0.764. The molecule has 126 valence electrons. The van der Waals surface area contributed by atoms with E-state index in [4.69, 9.17) is 4.42 Å². The van der Waals surface area contributed by atoms with Crippen LogP contribution in [0.2, 0.25) is 0 Å². The standard InChI is InChI=1S/C19H21NO4/c21-18(20-16(19(22)23)6-11-4-5-11)9-14-10-24-17-8-13-3-1-2-12(13)7-15(14)17/h7-8,10-11,16H,1-6,9H2,(H,20,21)(H,22,23). The second-order valence-electron chi connectivity index (χ2n) is 7.05. The normalized spacial score (nSPS) is 17.7. The molecular weight excluding hydrogens is 306 g/mol. The fourth-order valence-electron chi connectivity index (χ4n) is 3.61. The molecule has 0 saturated heterocycles. The maximum absolute atomic E-state index is 12.3. The highest BCUT2D eigenvalue weighted by atomic mass is 16.4. The van der Waals surface area contributed by atoms with Crippen molar-refractivity contribution >= 4 is 22.8 Å². The number of carboxylic acids is 1. The number of rotatable bonds is 6. The summed E-state index contributed by atoms with van der Waals surface area (Å²) in [5, 5.41) is 12.9. The minimum atomic E-state index is -0.954. The number of carboxylic acid groups (broad SMARTS) is 1. The van der Waals surface area contributed by atoms with Gasteiger partial charge in [0.15, 0.2) is 0 Å². The number of aryl methyl sites for hydroxylation is 2. The first-order valence-corrected chi connectivity index (χ1v) is 8.64. The van der Waals surface area contributed by atoms with E-state index < -0.39 is 12.0 Å². The number of furan rings is 1. The number of carbonyl (C=O) groups is 2. The lowest BCUT2D eigenvalue weighted by molar-refractivity contribution is -0.142. The molecule has 4 rings (SSSR count). The maximum atomic E-state index is 12.3. The molecular formula is C19H21NO4. The molecule has 24 heavy (non-hydrogen) atoms. The number of amides is 1. The van der Waals surface area contributed by atoms with Gasteiger partial charge in [-0.15, -0.1) is 0 Å². The van der Waals surface area contributed by atoms with Gasteiger partial charge in [-0.2, -0.15) is 0 Å². The van der Waals surface area contributed by atoms with Gasteiger partial charge in [0.25, 0.3) is 0 Å². The number of aliphatic carboxylic acids is 1. The molecule has 1 amide bonds. The molecule has 1 unspecified atom stereocenters. The Bertz CT molecular complexity index is 803. The van der Waals surface area contributed by atoms with Crippen LogP contribution in [0.5, 0.6) is 0 Å². The Morgan fingerprint density at radius 1 is 1.25 bits per heavy atom. The average molecular weight is 327 g/mol. The minimum absolute atomic E-state index is 0.153. The maximum Gasteiger partial charge on any atom is 0.326 e. The first-order chi connectivity index (χ1) is 11.6. The summed E-state index contributed by atoms with van der Waals surface area (Å²) in [6.45, 7) is 0. The molecule has 1 fully saturated rings. The molecule has 2 aliphatic rings. The van der Waals surface area contributed by atoms with Crippen molar-refractivity contribution in [2.24, 2.45) is 5.92 Å². The molecule has 5 heteroatoms. The van der Waals surface area contributed by atoms with Gasteiger partial charge in [-0.3, -0.25) is 4.79 Å². The van der Waals surface area contributed by atoms with Crippen LogP contribution in [0.1, 0.15) is 42.4 Å². The van der Waals surface area contributed by atoms with Crippen LogP contribution in [0.4, 0.5) is 0 Å². The van der Waals surface area contributed by atoms with Crippen molar-refractivity contribution in [3.05, 3.63) is 35.1 Å². The van der Waals surface area contributed by atoms with Crippen molar-refractivity contribution in [2.45, 2.75) is 51.0 Å². The molecule has 2 N–H and O–H groups in total. The molecule has 0 aliphatic heterocycles. The first kappa shape index (κ1) is 15.2. The molecule has 5 nitrogen and oxygen atoms in total. The Hall–Kier alpha value is -2.30. The molecule has 1 saturated carbocycles. The van der Waals surface area contributed by atoms with Crippen LogP contribution >= 0.6 is 0 Å². The molecule has 2 aliphatic carbocycles. The zero-order valence-electron chi connectivity index (χ0n) is 13.5. The monoisotopic (exact) mass is 327 g/mol. The van der Waals surface area contributed by atoms with Crippen LogP contribution in [0, 0.1) is 5.92 Å². The van der Waals surface area contributed by atoms with E-state index >= 15 is 0 Å². The molecule has 0 bridgehead atoms. The van der Waals surface area contributed by atoms with Crippen molar-refractivity contribution in [3.63, 3.8) is 0 Å². The number of fused-ring (bicyclic) bond motifs is 2. The van der Waals surface area contributed by atoms with E-state index in [2.05, 4.69) is 17.4 Å². The van der Waals surface area contributed by atoms with E-state index in [1.807, 2.05) is 0 Å². The van der Waals surface area contributed by atoms with Crippen LogP contribution in [0.3, 0.4) is 0 Å². The third-order valence-electron chi connectivity index (χ3n) is 5.12. The van der Waals surface area contributed by atoms with Crippen molar-refractivity contribution in [1.82, 2.24) is 5.32 Å². The number of benzene rings is 1. The molecule has 0 spiro atoms. The molecule has 1 heterocycles. The van der Waals surface area contributed by atoms with E-state index in [1.54, 1.807) is 6.26 Å². The number of hydrogen-bond acceptors (Lipinski definition) is 3. The van der Waals surface area contributed by atoms with E-state index in [0.717, 1.165) is 42.2 Å². The minimum Gasteiger partial charge on any atom is -0.480 e. The second-order valence-corrected chi connectivity index (χ2v) is 7.05. The van der Waals surface area contributed by atoms with Crippen LogP contribution in [-0.2, 0) is 28.9 Å². The highest BCUT2D eigenvalue weighted by Gasteiger charge is 2.30. The molecule has 1 aromatic carbocycles. The third-order valence-corrected chi connectivity index (χ3v) is 5.12. The Morgan fingerprint density at radius 3 is 2.71 bits per heavy atom. The Labute approximate surface area is 140 Å². The van der Waals surface area contributed by atoms with Gasteiger partial charge >= 0.3 is 5.97 Å². The van der Waals surface area contributed by atoms with Crippen LogP contribution < -0.4 is 5.32 Å². The van der Waals surface area contributed by atoms with E-state index in [0.29, 0.717) is 12.3 Å². The highest BCUT2D eigenvalue weighted by Crippen LogP contribution is 2.34. The van der Waals surface area contributed by atoms with Gasteiger partial charge in [-0.25, -0.2) is 4.79 Å². The predicted molar refractivity (Wildman–Crippen MR) is 88.9 cm³/mol. The summed E-state index contributed by atoms with van der Waals surface area (Å²) < 4.78 is 5.61. The van der Waals surface area contributed by atoms with Gasteiger partial charge in [0, 0.05) is 10.9 Å². The van der Waals surface area contributed by atoms with E-state index in [1.165, 1.54) is 17.5 Å². The van der Waals surface area contributed by atoms with Gasteiger partial charge in [-0.05, 0) is 54.9 Å². The van der Waals surface area contributed by atoms with E-state index in [9.17, 15) is 14.7 Å². The Balaban J connectivity index is 1.49. The zero-order chi connectivity index (χ0) is 16.7. The lowest BCUT2D eigenvalue weighted by Gasteiger charge is -2.13. The molecule has 0 radical (unpaired) electrons. The lowest BCUT2D eigenvalue weighted by Crippen LogP contribution is -2.41. The molecule has 2 aromatic rings. The SMILES string of the molecule is O=C(Cc1coc2cc3c(cc12)CCC3)NC(CC1CC1)C(=O)O. The fourth-order valence-corrected chi connectivity index (χ4v) is 3.61. The predicted octanol–water partition coefficient (Wildman–Crippen LogP) is 2.83. The van der Waals surface area contributed by atoms with Crippen molar-refractivity contribution in [2.75, 3.05) is 0 Å².